The maximum atomic E-state index is 5.13. The molecule has 17 heavy (non-hydrogen) atoms. The third-order valence-corrected chi connectivity index (χ3v) is 3.84. The molecule has 1 saturated carbocycles. The number of nitrogens with one attached hydrogen (secondary N) is 2. The maximum absolute atomic E-state index is 5.13. The lowest BCUT2D eigenvalue weighted by Crippen LogP contribution is -2.21. The van der Waals surface area contributed by atoms with E-state index in [4.69, 9.17) is 4.52 Å². The number of aryl methyl sites for hydroxylation is 1. The van der Waals surface area contributed by atoms with Crippen molar-refractivity contribution in [3.63, 3.8) is 0 Å². The van der Waals surface area contributed by atoms with Crippen molar-refractivity contribution in [3.05, 3.63) is 12.0 Å². The lowest BCUT2D eigenvalue weighted by molar-refractivity contribution is 0.442. The minimum absolute atomic E-state index is 0.545. The normalized spacial score (nSPS) is 30.5. The van der Waals surface area contributed by atoms with Gasteiger partial charge in [0.1, 0.15) is 17.5 Å². The van der Waals surface area contributed by atoms with Crippen LogP contribution in [0.4, 0.5) is 5.82 Å². The fraction of sp³-hybridized carbons (Fsp3) is 0.545. The molecule has 1 aliphatic carbocycles. The smallest absolute Gasteiger partial charge is 0.263 e. The van der Waals surface area contributed by atoms with Gasteiger partial charge >= 0.3 is 0 Å². The van der Waals surface area contributed by atoms with E-state index in [-0.39, 0.29) is 0 Å². The molecule has 0 aromatic carbocycles. The summed E-state index contributed by atoms with van der Waals surface area (Å²) in [5, 5.41) is 11.7. The first kappa shape index (κ1) is 9.35. The summed E-state index contributed by atoms with van der Waals surface area (Å²) in [6, 6.07) is 0.545. The van der Waals surface area contributed by atoms with Gasteiger partial charge < -0.3 is 15.2 Å². The quantitative estimate of drug-likeness (QED) is 0.786. The van der Waals surface area contributed by atoms with Gasteiger partial charge in [0, 0.05) is 19.1 Å². The van der Waals surface area contributed by atoms with Crippen molar-refractivity contribution in [1.82, 2.24) is 20.4 Å². The van der Waals surface area contributed by atoms with E-state index in [2.05, 4.69) is 25.8 Å². The van der Waals surface area contributed by atoms with Crippen molar-refractivity contribution in [1.29, 1.82) is 0 Å². The van der Waals surface area contributed by atoms with Gasteiger partial charge in [-0.2, -0.15) is 4.98 Å². The second-order valence-corrected chi connectivity index (χ2v) is 4.83. The van der Waals surface area contributed by atoms with Crippen molar-refractivity contribution in [2.75, 3.05) is 18.4 Å². The summed E-state index contributed by atoms with van der Waals surface area (Å²) in [5.41, 5.74) is 1.40. The minimum atomic E-state index is 0.545. The van der Waals surface area contributed by atoms with Crippen LogP contribution < -0.4 is 10.6 Å². The summed E-state index contributed by atoms with van der Waals surface area (Å²) in [7, 11) is 0. The molecule has 0 bridgehead atoms. The molecular formula is C11H13N5O. The minimum Gasteiger partial charge on any atom is -0.366 e. The second-order valence-electron chi connectivity index (χ2n) is 4.83. The Balaban J connectivity index is 1.69. The van der Waals surface area contributed by atoms with Crippen molar-refractivity contribution < 1.29 is 4.52 Å². The molecule has 6 heteroatoms. The van der Waals surface area contributed by atoms with Crippen LogP contribution >= 0.6 is 0 Å². The first-order valence-electron chi connectivity index (χ1n) is 5.89. The van der Waals surface area contributed by atoms with Gasteiger partial charge in [-0.3, -0.25) is 0 Å². The van der Waals surface area contributed by atoms with Gasteiger partial charge in [-0.15, -0.1) is 0 Å². The summed E-state index contributed by atoms with van der Waals surface area (Å²) < 4.78 is 5.13. The highest BCUT2D eigenvalue weighted by molar-refractivity contribution is 5.87. The predicted octanol–water partition coefficient (Wildman–Crippen LogP) is 0.556. The number of aromatic nitrogens is 3. The van der Waals surface area contributed by atoms with Gasteiger partial charge in [-0.05, 0) is 18.8 Å². The van der Waals surface area contributed by atoms with E-state index in [0.717, 1.165) is 41.8 Å². The molecule has 6 nitrogen and oxygen atoms in total. The molecular weight excluding hydrogens is 218 g/mol. The first-order valence-corrected chi connectivity index (χ1v) is 5.89. The average molecular weight is 231 g/mol. The zero-order valence-corrected chi connectivity index (χ0v) is 9.47. The topological polar surface area (TPSA) is 75.9 Å². The fourth-order valence-corrected chi connectivity index (χ4v) is 2.82. The van der Waals surface area contributed by atoms with Crippen LogP contribution in [0.3, 0.4) is 0 Å². The molecule has 0 amide bonds. The van der Waals surface area contributed by atoms with Gasteiger partial charge in [0.05, 0.1) is 5.69 Å². The van der Waals surface area contributed by atoms with Crippen LogP contribution in [0.1, 0.15) is 5.69 Å². The van der Waals surface area contributed by atoms with E-state index in [0.29, 0.717) is 11.8 Å². The van der Waals surface area contributed by atoms with Crippen molar-refractivity contribution in [2.24, 2.45) is 11.8 Å². The first-order chi connectivity index (χ1) is 8.34. The zero-order valence-electron chi connectivity index (χ0n) is 9.47. The average Bonchev–Trinajstić information content (AvgIpc) is 2.72. The molecule has 2 aromatic rings. The van der Waals surface area contributed by atoms with Crippen LogP contribution in [0.2, 0.25) is 0 Å². The number of anilines is 1. The Hall–Kier alpha value is -1.69. The molecule has 4 rings (SSSR count). The van der Waals surface area contributed by atoms with Crippen molar-refractivity contribution in [3.8, 4) is 0 Å². The largest absolute Gasteiger partial charge is 0.366 e. The third kappa shape index (κ3) is 1.27. The maximum Gasteiger partial charge on any atom is 0.263 e. The second kappa shape index (κ2) is 3.16. The highest BCUT2D eigenvalue weighted by Crippen LogP contribution is 2.44. The Morgan fingerprint density at radius 2 is 2.18 bits per heavy atom. The summed E-state index contributed by atoms with van der Waals surface area (Å²) in [5.74, 6) is 2.36. The molecule has 2 N–H and O–H groups in total. The van der Waals surface area contributed by atoms with E-state index in [1.54, 1.807) is 0 Å². The van der Waals surface area contributed by atoms with Crippen LogP contribution in [0.5, 0.6) is 0 Å². The molecule has 3 heterocycles. The number of piperidine rings is 1. The van der Waals surface area contributed by atoms with Gasteiger partial charge in [0.25, 0.3) is 5.71 Å². The van der Waals surface area contributed by atoms with Crippen LogP contribution in [-0.2, 0) is 0 Å². The third-order valence-electron chi connectivity index (χ3n) is 3.84. The highest BCUT2D eigenvalue weighted by atomic mass is 16.5. The van der Waals surface area contributed by atoms with E-state index >= 15 is 0 Å². The number of rotatable bonds is 2. The van der Waals surface area contributed by atoms with Gasteiger partial charge in [-0.25, -0.2) is 4.98 Å². The van der Waals surface area contributed by atoms with Gasteiger partial charge in [0.15, 0.2) is 0 Å². The van der Waals surface area contributed by atoms with E-state index in [9.17, 15) is 0 Å². The monoisotopic (exact) mass is 231 g/mol. The molecule has 1 aliphatic heterocycles. The standard InChI is InChI=1S/C11H13N5O/c1-5-8-10(13-4-14-11(8)17-16-5)15-9-6-2-12-3-7(6)9/h4,6-7,9,12H,2-3H2,1H3,(H,13,14,15). The molecule has 2 fully saturated rings. The Kier molecular flexibility index (Phi) is 1.74. The van der Waals surface area contributed by atoms with Crippen molar-refractivity contribution >= 4 is 16.9 Å². The Morgan fingerprint density at radius 3 is 3.00 bits per heavy atom. The number of nitrogens with zero attached hydrogens (tertiary/aromatic N) is 3. The molecule has 2 aromatic heterocycles. The Bertz CT molecular complexity index is 570. The fourth-order valence-electron chi connectivity index (χ4n) is 2.82. The summed E-state index contributed by atoms with van der Waals surface area (Å²) in [4.78, 5) is 8.37. The SMILES string of the molecule is Cc1noc2ncnc(NC3C4CNCC43)c12. The molecule has 2 aliphatic rings. The summed E-state index contributed by atoms with van der Waals surface area (Å²) in [6.07, 6.45) is 1.52. The number of hydrogen-bond acceptors (Lipinski definition) is 6. The van der Waals surface area contributed by atoms with Crippen molar-refractivity contribution in [2.45, 2.75) is 13.0 Å². The number of hydrogen-bond donors (Lipinski definition) is 2. The zero-order chi connectivity index (χ0) is 11.4. The lowest BCUT2D eigenvalue weighted by atomic mass is 10.3. The van der Waals surface area contributed by atoms with Crippen LogP contribution in [0.15, 0.2) is 10.9 Å². The van der Waals surface area contributed by atoms with Crippen LogP contribution in [0, 0.1) is 18.8 Å². The Morgan fingerprint density at radius 1 is 1.35 bits per heavy atom. The molecule has 1 saturated heterocycles. The highest BCUT2D eigenvalue weighted by Gasteiger charge is 2.53. The number of fused-ring (bicyclic) bond motifs is 2. The van der Waals surface area contributed by atoms with Gasteiger partial charge in [-0.1, -0.05) is 5.16 Å². The Labute approximate surface area is 97.8 Å². The van der Waals surface area contributed by atoms with Gasteiger partial charge in [0.2, 0.25) is 0 Å². The van der Waals surface area contributed by atoms with E-state index < -0.39 is 0 Å². The van der Waals surface area contributed by atoms with E-state index in [1.165, 1.54) is 6.33 Å². The molecule has 0 spiro atoms. The summed E-state index contributed by atoms with van der Waals surface area (Å²) in [6.45, 7) is 4.13. The summed E-state index contributed by atoms with van der Waals surface area (Å²) >= 11 is 0. The van der Waals surface area contributed by atoms with Crippen LogP contribution in [0.25, 0.3) is 11.1 Å². The van der Waals surface area contributed by atoms with Crippen LogP contribution in [-0.4, -0.2) is 34.3 Å². The van der Waals surface area contributed by atoms with E-state index in [1.807, 2.05) is 6.92 Å². The lowest BCUT2D eigenvalue weighted by Gasteiger charge is -2.08. The molecule has 88 valence electrons. The molecule has 2 atom stereocenters. The molecule has 2 unspecified atom stereocenters. The molecule has 0 radical (unpaired) electrons. The predicted molar refractivity (Wildman–Crippen MR) is 61.6 cm³/mol.